The first-order valence-electron chi connectivity index (χ1n) is 7.37. The maximum Gasteiger partial charge on any atom is 0.254 e. The van der Waals surface area contributed by atoms with Gasteiger partial charge in [-0.2, -0.15) is 0 Å². The summed E-state index contributed by atoms with van der Waals surface area (Å²) in [5.41, 5.74) is 2.74. The van der Waals surface area contributed by atoms with E-state index in [9.17, 15) is 4.79 Å². The second-order valence-electron chi connectivity index (χ2n) is 4.81. The van der Waals surface area contributed by atoms with Gasteiger partial charge < -0.3 is 4.90 Å². The van der Waals surface area contributed by atoms with Gasteiger partial charge in [0.15, 0.2) is 0 Å². The van der Waals surface area contributed by atoms with E-state index in [-0.39, 0.29) is 5.91 Å². The van der Waals surface area contributed by atoms with Crippen LogP contribution in [0.2, 0.25) is 0 Å². The van der Waals surface area contributed by atoms with E-state index in [1.807, 2.05) is 85.5 Å². The Morgan fingerprint density at radius 1 is 0.905 bits per heavy atom. The molecule has 0 saturated carbocycles. The van der Waals surface area contributed by atoms with Crippen molar-refractivity contribution in [1.29, 1.82) is 0 Å². The normalized spacial score (nSPS) is 11.2. The Hall–Kier alpha value is -2.35. The van der Waals surface area contributed by atoms with Crippen LogP contribution in [0, 0.1) is 0 Å². The molecule has 0 fully saturated rings. The zero-order valence-corrected chi connectivity index (χ0v) is 12.6. The van der Waals surface area contributed by atoms with Gasteiger partial charge in [0.2, 0.25) is 0 Å². The summed E-state index contributed by atoms with van der Waals surface area (Å²) in [6.45, 7) is 5.45. The fraction of sp³-hybridized carbons (Fsp3) is 0.211. The summed E-state index contributed by atoms with van der Waals surface area (Å²) in [5, 5.41) is 0. The van der Waals surface area contributed by atoms with Crippen LogP contribution in [0.3, 0.4) is 0 Å². The predicted molar refractivity (Wildman–Crippen MR) is 88.7 cm³/mol. The molecule has 0 heterocycles. The molecule has 0 aliphatic rings. The van der Waals surface area contributed by atoms with Gasteiger partial charge in [-0.15, -0.1) is 0 Å². The van der Waals surface area contributed by atoms with E-state index in [2.05, 4.69) is 0 Å². The third-order valence-corrected chi connectivity index (χ3v) is 3.48. The molecule has 0 radical (unpaired) electrons. The average molecular weight is 279 g/mol. The van der Waals surface area contributed by atoms with E-state index in [4.69, 9.17) is 0 Å². The molecule has 0 atom stereocenters. The van der Waals surface area contributed by atoms with Gasteiger partial charge in [0, 0.05) is 18.7 Å². The fourth-order valence-electron chi connectivity index (χ4n) is 2.28. The van der Waals surface area contributed by atoms with Gasteiger partial charge in [-0.25, -0.2) is 0 Å². The molecule has 0 bridgehead atoms. The lowest BCUT2D eigenvalue weighted by Gasteiger charge is -2.20. The SMILES string of the molecule is CCN(CC)C(=O)C(=Cc1ccccc1)c1ccccc1. The number of carbonyl (C=O) groups is 1. The number of hydrogen-bond acceptors (Lipinski definition) is 1. The molecule has 0 aromatic heterocycles. The van der Waals surface area contributed by atoms with Crippen molar-refractivity contribution in [2.24, 2.45) is 0 Å². The van der Waals surface area contributed by atoms with Crippen LogP contribution in [0.4, 0.5) is 0 Å². The molecule has 0 spiro atoms. The largest absolute Gasteiger partial charge is 0.339 e. The molecule has 0 N–H and O–H groups in total. The maximum atomic E-state index is 12.8. The molecule has 1 amide bonds. The summed E-state index contributed by atoms with van der Waals surface area (Å²) in [5.74, 6) is 0.0788. The van der Waals surface area contributed by atoms with E-state index < -0.39 is 0 Å². The summed E-state index contributed by atoms with van der Waals surface area (Å²) in [4.78, 5) is 14.6. The number of carbonyl (C=O) groups excluding carboxylic acids is 1. The standard InChI is InChI=1S/C19H21NO/c1-3-20(4-2)19(21)18(17-13-9-6-10-14-17)15-16-11-7-5-8-12-16/h5-15H,3-4H2,1-2H3. The lowest BCUT2D eigenvalue weighted by atomic mass is 10.0. The number of likely N-dealkylation sites (N-methyl/N-ethyl adjacent to an activating group) is 1. The van der Waals surface area contributed by atoms with Crippen LogP contribution in [0.1, 0.15) is 25.0 Å². The third kappa shape index (κ3) is 3.82. The summed E-state index contributed by atoms with van der Waals surface area (Å²) >= 11 is 0. The van der Waals surface area contributed by atoms with Gasteiger partial charge in [0.05, 0.1) is 0 Å². The van der Waals surface area contributed by atoms with Gasteiger partial charge in [-0.05, 0) is 31.1 Å². The molecule has 0 unspecified atom stereocenters. The second-order valence-corrected chi connectivity index (χ2v) is 4.81. The quantitative estimate of drug-likeness (QED) is 0.596. The zero-order chi connectivity index (χ0) is 15.1. The van der Waals surface area contributed by atoms with Gasteiger partial charge in [0.25, 0.3) is 5.91 Å². The van der Waals surface area contributed by atoms with E-state index >= 15 is 0 Å². The van der Waals surface area contributed by atoms with Gasteiger partial charge >= 0.3 is 0 Å². The van der Waals surface area contributed by atoms with Crippen molar-refractivity contribution in [3.8, 4) is 0 Å². The molecule has 0 aliphatic heterocycles. The Labute approximate surface area is 126 Å². The highest BCUT2D eigenvalue weighted by atomic mass is 16.2. The minimum absolute atomic E-state index is 0.0788. The van der Waals surface area contributed by atoms with E-state index in [1.165, 1.54) is 0 Å². The average Bonchev–Trinajstić information content (AvgIpc) is 2.55. The topological polar surface area (TPSA) is 20.3 Å². The zero-order valence-electron chi connectivity index (χ0n) is 12.6. The Bertz CT molecular complexity index is 598. The molecule has 2 rings (SSSR count). The van der Waals surface area contributed by atoms with Crippen molar-refractivity contribution < 1.29 is 4.79 Å². The third-order valence-electron chi connectivity index (χ3n) is 3.48. The van der Waals surface area contributed by atoms with Crippen molar-refractivity contribution >= 4 is 17.6 Å². The van der Waals surface area contributed by atoms with Crippen molar-refractivity contribution in [2.75, 3.05) is 13.1 Å². The van der Waals surface area contributed by atoms with Crippen LogP contribution in [0.5, 0.6) is 0 Å². The molecule has 2 nitrogen and oxygen atoms in total. The highest BCUT2D eigenvalue weighted by Crippen LogP contribution is 2.20. The van der Waals surface area contributed by atoms with Crippen molar-refractivity contribution in [2.45, 2.75) is 13.8 Å². The highest BCUT2D eigenvalue weighted by Gasteiger charge is 2.17. The molecule has 0 saturated heterocycles. The smallest absolute Gasteiger partial charge is 0.254 e. The number of hydrogen-bond donors (Lipinski definition) is 0. The molecule has 2 heteroatoms. The molecule has 21 heavy (non-hydrogen) atoms. The second kappa shape index (κ2) is 7.44. The van der Waals surface area contributed by atoms with E-state index in [1.54, 1.807) is 0 Å². The Kier molecular flexibility index (Phi) is 5.33. The molecule has 108 valence electrons. The van der Waals surface area contributed by atoms with Crippen molar-refractivity contribution in [1.82, 2.24) is 4.90 Å². The summed E-state index contributed by atoms with van der Waals surface area (Å²) in [6.07, 6.45) is 1.97. The molecule has 2 aromatic rings. The maximum absolute atomic E-state index is 12.8. The van der Waals surface area contributed by atoms with E-state index in [0.717, 1.165) is 16.7 Å². The highest BCUT2D eigenvalue weighted by molar-refractivity contribution is 6.24. The molecular formula is C19H21NO. The number of amides is 1. The number of nitrogens with zero attached hydrogens (tertiary/aromatic N) is 1. The van der Waals surface area contributed by atoms with Crippen LogP contribution in [0.25, 0.3) is 11.6 Å². The van der Waals surface area contributed by atoms with Crippen molar-refractivity contribution in [3.05, 3.63) is 71.8 Å². The van der Waals surface area contributed by atoms with E-state index in [0.29, 0.717) is 13.1 Å². The predicted octanol–water partition coefficient (Wildman–Crippen LogP) is 4.10. The monoisotopic (exact) mass is 279 g/mol. The van der Waals surface area contributed by atoms with Crippen LogP contribution in [-0.2, 0) is 4.79 Å². The molecular weight excluding hydrogens is 258 g/mol. The molecule has 2 aromatic carbocycles. The lowest BCUT2D eigenvalue weighted by Crippen LogP contribution is -2.31. The van der Waals surface area contributed by atoms with Gasteiger partial charge in [-0.3, -0.25) is 4.79 Å². The molecule has 0 aliphatic carbocycles. The summed E-state index contributed by atoms with van der Waals surface area (Å²) in [7, 11) is 0. The van der Waals surface area contributed by atoms with Crippen LogP contribution in [0.15, 0.2) is 60.7 Å². The van der Waals surface area contributed by atoms with Crippen LogP contribution >= 0.6 is 0 Å². The van der Waals surface area contributed by atoms with Gasteiger partial charge in [-0.1, -0.05) is 60.7 Å². The Morgan fingerprint density at radius 3 is 1.95 bits per heavy atom. The fourth-order valence-corrected chi connectivity index (χ4v) is 2.28. The first-order chi connectivity index (χ1) is 10.3. The summed E-state index contributed by atoms with van der Waals surface area (Å²) in [6, 6.07) is 19.8. The number of rotatable bonds is 5. The minimum atomic E-state index is 0.0788. The minimum Gasteiger partial charge on any atom is -0.339 e. The van der Waals surface area contributed by atoms with Crippen molar-refractivity contribution in [3.63, 3.8) is 0 Å². The Balaban J connectivity index is 2.45. The first-order valence-corrected chi connectivity index (χ1v) is 7.37. The first kappa shape index (κ1) is 15.0. The number of benzene rings is 2. The summed E-state index contributed by atoms with van der Waals surface area (Å²) < 4.78 is 0. The Morgan fingerprint density at radius 2 is 1.43 bits per heavy atom. The van der Waals surface area contributed by atoms with Gasteiger partial charge in [0.1, 0.15) is 0 Å². The van der Waals surface area contributed by atoms with Crippen LogP contribution in [-0.4, -0.2) is 23.9 Å². The lowest BCUT2D eigenvalue weighted by molar-refractivity contribution is -0.124. The van der Waals surface area contributed by atoms with Crippen LogP contribution < -0.4 is 0 Å².